The molecule has 0 radical (unpaired) electrons. The average molecular weight is 529 g/mol. The predicted octanol–water partition coefficient (Wildman–Crippen LogP) is 2.76. The number of hydrogen-bond donors (Lipinski definition) is 3. The Morgan fingerprint density at radius 1 is 1.00 bits per heavy atom. The van der Waals surface area contributed by atoms with Crippen LogP contribution in [0.4, 0.5) is 0 Å². The Bertz CT molecular complexity index is 713. The molecule has 1 aromatic rings. The van der Waals surface area contributed by atoms with Crippen LogP contribution in [0.5, 0.6) is 0 Å². The molecule has 2 amide bonds. The van der Waals surface area contributed by atoms with Crippen molar-refractivity contribution >= 4 is 41.8 Å². The van der Waals surface area contributed by atoms with Gasteiger partial charge in [-0.25, -0.2) is 4.99 Å². The highest BCUT2D eigenvalue weighted by Crippen LogP contribution is 2.38. The van der Waals surface area contributed by atoms with Crippen LogP contribution >= 0.6 is 24.0 Å². The van der Waals surface area contributed by atoms with Crippen LogP contribution in [0.15, 0.2) is 29.3 Å². The van der Waals surface area contributed by atoms with Crippen molar-refractivity contribution < 1.29 is 9.59 Å². The van der Waals surface area contributed by atoms with Gasteiger partial charge >= 0.3 is 0 Å². The van der Waals surface area contributed by atoms with Gasteiger partial charge in [0, 0.05) is 39.3 Å². The maximum atomic E-state index is 12.7. The van der Waals surface area contributed by atoms with Crippen LogP contribution in [0.3, 0.4) is 0 Å². The summed E-state index contributed by atoms with van der Waals surface area (Å²) in [4.78, 5) is 31.0. The molecule has 30 heavy (non-hydrogen) atoms. The highest BCUT2D eigenvalue weighted by molar-refractivity contribution is 14.0. The minimum atomic E-state index is -0.339. The molecule has 7 nitrogen and oxygen atoms in total. The molecule has 0 aliphatic heterocycles. The van der Waals surface area contributed by atoms with Crippen LogP contribution in [-0.4, -0.2) is 56.4 Å². The lowest BCUT2D eigenvalue weighted by Gasteiger charge is -2.31. The van der Waals surface area contributed by atoms with Crippen LogP contribution in [0.1, 0.15) is 55.5 Å². The molecular weight excluding hydrogens is 493 g/mol. The lowest BCUT2D eigenvalue weighted by Crippen LogP contribution is -2.49. The molecule has 0 atom stereocenters. The first kappa shape index (κ1) is 26.2. The average Bonchev–Trinajstić information content (AvgIpc) is 3.20. The summed E-state index contributed by atoms with van der Waals surface area (Å²) in [7, 11) is 3.65. The van der Waals surface area contributed by atoms with Gasteiger partial charge in [0.05, 0.1) is 12.0 Å². The van der Waals surface area contributed by atoms with E-state index in [1.54, 1.807) is 4.90 Å². The lowest BCUT2D eigenvalue weighted by molar-refractivity contribution is -0.138. The fourth-order valence-corrected chi connectivity index (χ4v) is 3.78. The van der Waals surface area contributed by atoms with Crippen LogP contribution in [0.25, 0.3) is 0 Å². The number of halogens is 1. The summed E-state index contributed by atoms with van der Waals surface area (Å²) in [6, 6.07) is 7.48. The summed E-state index contributed by atoms with van der Waals surface area (Å²) < 4.78 is 0. The van der Waals surface area contributed by atoms with E-state index in [-0.39, 0.29) is 41.2 Å². The van der Waals surface area contributed by atoms with Crippen molar-refractivity contribution in [3.8, 4) is 0 Å². The Kier molecular flexibility index (Phi) is 11.1. The molecule has 1 aromatic carbocycles. The van der Waals surface area contributed by atoms with Gasteiger partial charge in [0.25, 0.3) is 5.91 Å². The van der Waals surface area contributed by atoms with Gasteiger partial charge in [-0.1, -0.05) is 25.0 Å². The largest absolute Gasteiger partial charge is 0.357 e. The van der Waals surface area contributed by atoms with Crippen molar-refractivity contribution in [2.75, 3.05) is 33.7 Å². The quantitative estimate of drug-likeness (QED) is 0.275. The molecule has 3 N–H and O–H groups in total. The number of carbonyl (C=O) groups excluding carboxylic acids is 2. The van der Waals surface area contributed by atoms with Crippen LogP contribution < -0.4 is 16.0 Å². The number of nitrogens with one attached hydrogen (secondary N) is 3. The van der Waals surface area contributed by atoms with Gasteiger partial charge in [0.2, 0.25) is 5.91 Å². The number of rotatable bonds is 8. The van der Waals surface area contributed by atoms with Crippen molar-refractivity contribution in [1.82, 2.24) is 20.9 Å². The van der Waals surface area contributed by atoms with Crippen LogP contribution in [-0.2, 0) is 11.3 Å². The minimum Gasteiger partial charge on any atom is -0.357 e. The van der Waals surface area contributed by atoms with E-state index in [1.165, 1.54) is 0 Å². The normalized spacial score (nSPS) is 15.1. The molecule has 0 bridgehead atoms. The topological polar surface area (TPSA) is 85.8 Å². The van der Waals surface area contributed by atoms with E-state index in [2.05, 4.69) is 20.9 Å². The maximum Gasteiger partial charge on any atom is 0.251 e. The SMILES string of the molecule is CCNC(=O)c1ccc(CN=C(NCC)NCC2(C(=O)N(C)C)CCCC2)cc1.I. The van der Waals surface area contributed by atoms with E-state index >= 15 is 0 Å². The van der Waals surface area contributed by atoms with E-state index in [9.17, 15) is 9.59 Å². The first-order valence-corrected chi connectivity index (χ1v) is 10.5. The van der Waals surface area contributed by atoms with E-state index in [1.807, 2.05) is 52.2 Å². The molecule has 0 saturated heterocycles. The third-order valence-electron chi connectivity index (χ3n) is 5.33. The highest BCUT2D eigenvalue weighted by atomic mass is 127. The second-order valence-electron chi connectivity index (χ2n) is 7.79. The van der Waals surface area contributed by atoms with Crippen molar-refractivity contribution in [3.63, 3.8) is 0 Å². The first-order chi connectivity index (χ1) is 13.9. The summed E-state index contributed by atoms with van der Waals surface area (Å²) in [5.74, 6) is 0.836. The van der Waals surface area contributed by atoms with Gasteiger partial charge in [-0.3, -0.25) is 9.59 Å². The Balaban J connectivity index is 0.00000450. The number of benzene rings is 1. The molecule has 168 valence electrons. The van der Waals surface area contributed by atoms with E-state index in [0.29, 0.717) is 31.2 Å². The van der Waals surface area contributed by atoms with Crippen molar-refractivity contribution in [2.24, 2.45) is 10.4 Å². The fraction of sp³-hybridized carbons (Fsp3) is 0.591. The molecule has 1 aliphatic rings. The molecule has 0 heterocycles. The van der Waals surface area contributed by atoms with Crippen LogP contribution in [0, 0.1) is 5.41 Å². The molecule has 2 rings (SSSR count). The zero-order chi connectivity index (χ0) is 21.3. The smallest absolute Gasteiger partial charge is 0.251 e. The molecule has 0 aromatic heterocycles. The summed E-state index contributed by atoms with van der Waals surface area (Å²) in [6.45, 7) is 6.37. The number of hydrogen-bond acceptors (Lipinski definition) is 3. The molecule has 1 aliphatic carbocycles. The Hall–Kier alpha value is -1.84. The molecule has 0 unspecified atom stereocenters. The Morgan fingerprint density at radius 3 is 2.13 bits per heavy atom. The van der Waals surface area contributed by atoms with Gasteiger partial charge < -0.3 is 20.9 Å². The highest BCUT2D eigenvalue weighted by Gasteiger charge is 2.42. The Labute approximate surface area is 197 Å². The lowest BCUT2D eigenvalue weighted by atomic mass is 9.84. The Morgan fingerprint density at radius 2 is 1.60 bits per heavy atom. The summed E-state index contributed by atoms with van der Waals surface area (Å²) >= 11 is 0. The van der Waals surface area contributed by atoms with Gasteiger partial charge in [-0.15, -0.1) is 24.0 Å². The summed E-state index contributed by atoms with van der Waals surface area (Å²) in [5.41, 5.74) is 1.33. The number of guanidine groups is 1. The first-order valence-electron chi connectivity index (χ1n) is 10.5. The van der Waals surface area contributed by atoms with E-state index in [4.69, 9.17) is 0 Å². The molecule has 1 saturated carbocycles. The zero-order valence-corrected chi connectivity index (χ0v) is 20.9. The third kappa shape index (κ3) is 7.14. The third-order valence-corrected chi connectivity index (χ3v) is 5.33. The predicted molar refractivity (Wildman–Crippen MR) is 132 cm³/mol. The molecule has 0 spiro atoms. The molecule has 1 fully saturated rings. The van der Waals surface area contributed by atoms with E-state index < -0.39 is 0 Å². The zero-order valence-electron chi connectivity index (χ0n) is 18.6. The number of carbonyl (C=O) groups is 2. The molecule has 8 heteroatoms. The standard InChI is InChI=1S/C22H35N5O2.HI/c1-5-23-19(28)18-11-9-17(10-12-18)15-25-21(24-6-2)26-16-22(13-7-8-14-22)20(29)27(3)4;/h9-12H,5-8,13-16H2,1-4H3,(H,23,28)(H2,24,25,26);1H. The summed E-state index contributed by atoms with van der Waals surface area (Å²) in [6.07, 6.45) is 4.01. The monoisotopic (exact) mass is 529 g/mol. The van der Waals surface area contributed by atoms with Gasteiger partial charge in [-0.05, 0) is 44.4 Å². The number of nitrogens with zero attached hydrogens (tertiary/aromatic N) is 2. The van der Waals surface area contributed by atoms with E-state index in [0.717, 1.165) is 37.8 Å². The minimum absolute atomic E-state index is 0. The number of aliphatic imine (C=N–C) groups is 1. The van der Waals surface area contributed by atoms with Gasteiger partial charge in [0.15, 0.2) is 5.96 Å². The number of amides is 2. The van der Waals surface area contributed by atoms with Crippen LogP contribution in [0.2, 0.25) is 0 Å². The second kappa shape index (κ2) is 12.8. The van der Waals surface area contributed by atoms with Crippen molar-refractivity contribution in [2.45, 2.75) is 46.1 Å². The van der Waals surface area contributed by atoms with Crippen molar-refractivity contribution in [1.29, 1.82) is 0 Å². The van der Waals surface area contributed by atoms with Gasteiger partial charge in [0.1, 0.15) is 0 Å². The van der Waals surface area contributed by atoms with Crippen molar-refractivity contribution in [3.05, 3.63) is 35.4 Å². The fourth-order valence-electron chi connectivity index (χ4n) is 3.78. The van der Waals surface area contributed by atoms with Gasteiger partial charge in [-0.2, -0.15) is 0 Å². The molecular formula is C22H36IN5O2. The summed E-state index contributed by atoms with van der Waals surface area (Å²) in [5, 5.41) is 9.44. The maximum absolute atomic E-state index is 12.7. The second-order valence-corrected chi connectivity index (χ2v) is 7.79.